The number of carboxylic acid groups (broad SMARTS) is 1. The second-order valence-electron chi connectivity index (χ2n) is 4.41. The lowest BCUT2D eigenvalue weighted by Gasteiger charge is -2.29. The van der Waals surface area contributed by atoms with Crippen LogP contribution < -0.4 is 0 Å². The zero-order valence-electron chi connectivity index (χ0n) is 9.40. The van der Waals surface area contributed by atoms with Crippen molar-refractivity contribution in [1.82, 2.24) is 4.98 Å². The number of hydrogen-bond acceptors (Lipinski definition) is 2. The molecular formula is C12H17NO2. The van der Waals surface area contributed by atoms with Crippen molar-refractivity contribution in [3.63, 3.8) is 0 Å². The van der Waals surface area contributed by atoms with E-state index in [2.05, 4.69) is 4.98 Å². The second kappa shape index (κ2) is 4.43. The number of carboxylic acids is 1. The number of rotatable bonds is 4. The van der Waals surface area contributed by atoms with Crippen molar-refractivity contribution in [2.24, 2.45) is 11.3 Å². The van der Waals surface area contributed by atoms with Crippen molar-refractivity contribution in [3.8, 4) is 0 Å². The van der Waals surface area contributed by atoms with Crippen LogP contribution in [0.3, 0.4) is 0 Å². The average molecular weight is 207 g/mol. The molecule has 0 bridgehead atoms. The lowest BCUT2D eigenvalue weighted by molar-refractivity contribution is -0.150. The summed E-state index contributed by atoms with van der Waals surface area (Å²) in [6.07, 6.45) is 3.93. The van der Waals surface area contributed by atoms with Gasteiger partial charge < -0.3 is 5.11 Å². The highest BCUT2D eigenvalue weighted by atomic mass is 16.4. The third-order valence-electron chi connectivity index (χ3n) is 3.08. The minimum absolute atomic E-state index is 0.100. The van der Waals surface area contributed by atoms with Gasteiger partial charge in [-0.05, 0) is 37.0 Å². The molecule has 0 saturated carbocycles. The van der Waals surface area contributed by atoms with E-state index in [9.17, 15) is 9.90 Å². The van der Waals surface area contributed by atoms with E-state index in [1.807, 2.05) is 26.0 Å². The predicted molar refractivity (Wildman–Crippen MR) is 58.5 cm³/mol. The van der Waals surface area contributed by atoms with Gasteiger partial charge in [0.1, 0.15) is 0 Å². The minimum Gasteiger partial charge on any atom is -0.481 e. The average Bonchev–Trinajstić information content (AvgIpc) is 2.18. The Morgan fingerprint density at radius 2 is 2.00 bits per heavy atom. The van der Waals surface area contributed by atoms with Crippen molar-refractivity contribution < 1.29 is 9.90 Å². The third-order valence-corrected chi connectivity index (χ3v) is 3.08. The Morgan fingerprint density at radius 3 is 2.40 bits per heavy atom. The predicted octanol–water partition coefficient (Wildman–Crippen LogP) is 2.37. The van der Waals surface area contributed by atoms with E-state index in [4.69, 9.17) is 0 Å². The second-order valence-corrected chi connectivity index (χ2v) is 4.41. The van der Waals surface area contributed by atoms with Crippen LogP contribution in [0.15, 0.2) is 24.5 Å². The largest absolute Gasteiger partial charge is 0.481 e. The first-order valence-corrected chi connectivity index (χ1v) is 5.09. The fourth-order valence-electron chi connectivity index (χ4n) is 1.45. The Hall–Kier alpha value is -1.38. The Morgan fingerprint density at radius 1 is 1.47 bits per heavy atom. The highest BCUT2D eigenvalue weighted by molar-refractivity contribution is 5.74. The first-order valence-electron chi connectivity index (χ1n) is 5.09. The molecule has 1 aromatic heterocycles. The van der Waals surface area contributed by atoms with Gasteiger partial charge in [-0.3, -0.25) is 9.78 Å². The molecule has 0 aliphatic rings. The molecule has 0 aliphatic heterocycles. The van der Waals surface area contributed by atoms with Crippen LogP contribution >= 0.6 is 0 Å². The molecular weight excluding hydrogens is 190 g/mol. The molecule has 0 spiro atoms. The van der Waals surface area contributed by atoms with Crippen LogP contribution in [0.4, 0.5) is 0 Å². The standard InChI is InChI=1S/C12H17NO2/c1-9(2)12(3,11(14)15)8-10-4-6-13-7-5-10/h4-7,9H,8H2,1-3H3,(H,14,15). The molecule has 0 radical (unpaired) electrons. The van der Waals surface area contributed by atoms with Crippen LogP contribution in [-0.2, 0) is 11.2 Å². The van der Waals surface area contributed by atoms with Gasteiger partial charge in [0.15, 0.2) is 0 Å². The number of hydrogen-bond donors (Lipinski definition) is 1. The molecule has 0 aromatic carbocycles. The molecule has 0 aliphatic carbocycles. The summed E-state index contributed by atoms with van der Waals surface area (Å²) in [4.78, 5) is 15.2. The lowest BCUT2D eigenvalue weighted by atomic mass is 9.74. The van der Waals surface area contributed by atoms with Gasteiger partial charge in [-0.2, -0.15) is 0 Å². The number of carbonyl (C=O) groups is 1. The molecule has 1 atom stereocenters. The summed E-state index contributed by atoms with van der Waals surface area (Å²) >= 11 is 0. The highest BCUT2D eigenvalue weighted by Gasteiger charge is 2.36. The first kappa shape index (κ1) is 11.7. The minimum atomic E-state index is -0.741. The van der Waals surface area contributed by atoms with E-state index >= 15 is 0 Å². The van der Waals surface area contributed by atoms with Crippen LogP contribution in [-0.4, -0.2) is 16.1 Å². The Bertz CT molecular complexity index is 335. The molecule has 1 unspecified atom stereocenters. The lowest BCUT2D eigenvalue weighted by Crippen LogP contribution is -2.35. The highest BCUT2D eigenvalue weighted by Crippen LogP contribution is 2.31. The van der Waals surface area contributed by atoms with Crippen molar-refractivity contribution in [2.75, 3.05) is 0 Å². The Kier molecular flexibility index (Phi) is 3.45. The molecule has 3 heteroatoms. The zero-order valence-corrected chi connectivity index (χ0v) is 9.40. The van der Waals surface area contributed by atoms with Gasteiger partial charge in [-0.15, -0.1) is 0 Å². The maximum Gasteiger partial charge on any atom is 0.309 e. The summed E-state index contributed by atoms with van der Waals surface area (Å²) < 4.78 is 0. The molecule has 3 nitrogen and oxygen atoms in total. The van der Waals surface area contributed by atoms with E-state index in [-0.39, 0.29) is 5.92 Å². The van der Waals surface area contributed by atoms with E-state index in [1.165, 1.54) is 0 Å². The SMILES string of the molecule is CC(C)C(C)(Cc1ccncc1)C(=O)O. The van der Waals surface area contributed by atoms with Crippen LogP contribution in [0.1, 0.15) is 26.3 Å². The summed E-state index contributed by atoms with van der Waals surface area (Å²) in [6.45, 7) is 5.67. The summed E-state index contributed by atoms with van der Waals surface area (Å²) in [5.74, 6) is -0.641. The quantitative estimate of drug-likeness (QED) is 0.824. The van der Waals surface area contributed by atoms with Crippen molar-refractivity contribution >= 4 is 5.97 Å². The van der Waals surface area contributed by atoms with E-state index < -0.39 is 11.4 Å². The topological polar surface area (TPSA) is 50.2 Å². The Balaban J connectivity index is 2.90. The van der Waals surface area contributed by atoms with Gasteiger partial charge in [0.05, 0.1) is 5.41 Å². The molecule has 1 heterocycles. The summed E-state index contributed by atoms with van der Waals surface area (Å²) in [7, 11) is 0. The van der Waals surface area contributed by atoms with Crippen LogP contribution in [0.2, 0.25) is 0 Å². The number of pyridine rings is 1. The Labute approximate surface area is 90.2 Å². The maximum absolute atomic E-state index is 11.3. The zero-order chi connectivity index (χ0) is 11.5. The van der Waals surface area contributed by atoms with Crippen LogP contribution in [0.25, 0.3) is 0 Å². The summed E-state index contributed by atoms with van der Waals surface area (Å²) in [6, 6.07) is 3.73. The molecule has 0 saturated heterocycles. The van der Waals surface area contributed by atoms with E-state index in [0.29, 0.717) is 6.42 Å². The van der Waals surface area contributed by atoms with E-state index in [1.54, 1.807) is 19.3 Å². The third kappa shape index (κ3) is 2.55. The molecule has 0 fully saturated rings. The number of aliphatic carboxylic acids is 1. The number of aromatic nitrogens is 1. The molecule has 1 aromatic rings. The van der Waals surface area contributed by atoms with Crippen molar-refractivity contribution in [2.45, 2.75) is 27.2 Å². The summed E-state index contributed by atoms with van der Waals surface area (Å²) in [5.41, 5.74) is 0.310. The van der Waals surface area contributed by atoms with Crippen LogP contribution in [0.5, 0.6) is 0 Å². The van der Waals surface area contributed by atoms with Crippen LogP contribution in [0, 0.1) is 11.3 Å². The van der Waals surface area contributed by atoms with Gasteiger partial charge >= 0.3 is 5.97 Å². The first-order chi connectivity index (χ1) is 6.97. The molecule has 82 valence electrons. The normalized spacial score (nSPS) is 14.9. The molecule has 0 amide bonds. The van der Waals surface area contributed by atoms with Gasteiger partial charge in [0.25, 0.3) is 0 Å². The smallest absolute Gasteiger partial charge is 0.309 e. The van der Waals surface area contributed by atoms with Gasteiger partial charge in [0, 0.05) is 12.4 Å². The maximum atomic E-state index is 11.3. The van der Waals surface area contributed by atoms with Crippen molar-refractivity contribution in [3.05, 3.63) is 30.1 Å². The fourth-order valence-corrected chi connectivity index (χ4v) is 1.45. The fraction of sp³-hybridized carbons (Fsp3) is 0.500. The summed E-state index contributed by atoms with van der Waals surface area (Å²) in [5, 5.41) is 9.25. The van der Waals surface area contributed by atoms with Crippen molar-refractivity contribution in [1.29, 1.82) is 0 Å². The van der Waals surface area contributed by atoms with Gasteiger partial charge in [-0.25, -0.2) is 0 Å². The van der Waals surface area contributed by atoms with Gasteiger partial charge in [0.2, 0.25) is 0 Å². The van der Waals surface area contributed by atoms with E-state index in [0.717, 1.165) is 5.56 Å². The number of nitrogens with zero attached hydrogens (tertiary/aromatic N) is 1. The monoisotopic (exact) mass is 207 g/mol. The molecule has 15 heavy (non-hydrogen) atoms. The van der Waals surface area contributed by atoms with Gasteiger partial charge in [-0.1, -0.05) is 13.8 Å². The molecule has 1 rings (SSSR count). The molecule has 1 N–H and O–H groups in total.